The Bertz CT molecular complexity index is 995. The molecule has 0 radical (unpaired) electrons. The van der Waals surface area contributed by atoms with Crippen molar-refractivity contribution in [1.82, 2.24) is 5.32 Å². The molecule has 0 aliphatic carbocycles. The molecule has 0 bridgehead atoms. The Labute approximate surface area is 183 Å². The Morgan fingerprint density at radius 3 is 2.16 bits per heavy atom. The maximum Gasteiger partial charge on any atom is 0.127 e. The third kappa shape index (κ3) is 6.27. The molecule has 2 N–H and O–H groups in total. The number of phenols is 1. The molecule has 0 fully saturated rings. The minimum absolute atomic E-state index is 0.285. The van der Waals surface area contributed by atoms with Gasteiger partial charge < -0.3 is 24.6 Å². The van der Waals surface area contributed by atoms with Crippen molar-refractivity contribution < 1.29 is 19.3 Å². The number of ether oxygens (including phenoxy) is 3. The summed E-state index contributed by atoms with van der Waals surface area (Å²) in [5, 5.41) is 12.9. The molecule has 0 saturated heterocycles. The lowest BCUT2D eigenvalue weighted by Gasteiger charge is -2.15. The summed E-state index contributed by atoms with van der Waals surface area (Å²) in [6.45, 7) is 1.47. The second kappa shape index (κ2) is 11.1. The van der Waals surface area contributed by atoms with Crippen LogP contribution in [0.4, 0.5) is 0 Å². The van der Waals surface area contributed by atoms with Crippen LogP contribution in [0, 0.1) is 0 Å². The van der Waals surface area contributed by atoms with E-state index >= 15 is 0 Å². The highest BCUT2D eigenvalue weighted by Crippen LogP contribution is 2.30. The van der Waals surface area contributed by atoms with Crippen molar-refractivity contribution in [3.63, 3.8) is 0 Å². The van der Waals surface area contributed by atoms with Crippen molar-refractivity contribution in [2.45, 2.75) is 13.0 Å². The van der Waals surface area contributed by atoms with Gasteiger partial charge in [-0.2, -0.15) is 0 Å². The average molecular weight is 420 g/mol. The van der Waals surface area contributed by atoms with Crippen LogP contribution in [0.1, 0.15) is 22.3 Å². The van der Waals surface area contributed by atoms with Crippen molar-refractivity contribution >= 4 is 12.2 Å². The molecule has 0 aliphatic heterocycles. The standard InChI is InChI=1S/C26H29NO4/c1-29-23-12-7-19(8-13-23)4-9-21-16-24(30-2)17-26(31-3)25(21)18-27-15-14-20-5-10-22(28)11-6-20/h4-13,16-17,27-28H,14-15,18H2,1-3H3/b9-4+. The first-order chi connectivity index (χ1) is 15.1. The van der Waals surface area contributed by atoms with Gasteiger partial charge in [0.05, 0.1) is 21.3 Å². The highest BCUT2D eigenvalue weighted by Gasteiger charge is 2.11. The Morgan fingerprint density at radius 2 is 1.52 bits per heavy atom. The van der Waals surface area contributed by atoms with Gasteiger partial charge in [-0.3, -0.25) is 0 Å². The van der Waals surface area contributed by atoms with Crippen molar-refractivity contribution in [1.29, 1.82) is 0 Å². The maximum absolute atomic E-state index is 9.41. The van der Waals surface area contributed by atoms with Crippen molar-refractivity contribution in [2.24, 2.45) is 0 Å². The molecular formula is C26H29NO4. The first kappa shape index (κ1) is 22.2. The number of methoxy groups -OCH3 is 3. The zero-order valence-corrected chi connectivity index (χ0v) is 18.2. The van der Waals surface area contributed by atoms with Crippen LogP contribution >= 0.6 is 0 Å². The van der Waals surface area contributed by atoms with Gasteiger partial charge in [0.2, 0.25) is 0 Å². The average Bonchev–Trinajstić information content (AvgIpc) is 2.81. The fraction of sp³-hybridized carbons (Fsp3) is 0.231. The summed E-state index contributed by atoms with van der Waals surface area (Å²) in [4.78, 5) is 0. The van der Waals surface area contributed by atoms with Crippen LogP contribution in [0.5, 0.6) is 23.0 Å². The Morgan fingerprint density at radius 1 is 0.806 bits per heavy atom. The number of benzene rings is 3. The molecule has 0 aliphatic rings. The molecular weight excluding hydrogens is 390 g/mol. The van der Waals surface area contributed by atoms with E-state index < -0.39 is 0 Å². The zero-order chi connectivity index (χ0) is 22.1. The number of rotatable bonds is 10. The van der Waals surface area contributed by atoms with E-state index in [-0.39, 0.29) is 5.75 Å². The molecule has 0 unspecified atom stereocenters. The second-order valence-corrected chi connectivity index (χ2v) is 7.10. The Balaban J connectivity index is 1.75. The van der Waals surface area contributed by atoms with Gasteiger partial charge in [-0.1, -0.05) is 36.4 Å². The van der Waals surface area contributed by atoms with Crippen LogP contribution in [0.2, 0.25) is 0 Å². The van der Waals surface area contributed by atoms with Crippen LogP contribution in [-0.2, 0) is 13.0 Å². The zero-order valence-electron chi connectivity index (χ0n) is 18.2. The fourth-order valence-electron chi connectivity index (χ4n) is 3.29. The van der Waals surface area contributed by atoms with Gasteiger partial charge in [0.25, 0.3) is 0 Å². The molecule has 3 aromatic carbocycles. The third-order valence-corrected chi connectivity index (χ3v) is 5.07. The van der Waals surface area contributed by atoms with E-state index in [4.69, 9.17) is 14.2 Å². The molecule has 5 heteroatoms. The summed E-state index contributed by atoms with van der Waals surface area (Å²) in [5.74, 6) is 2.65. The summed E-state index contributed by atoms with van der Waals surface area (Å²) in [6, 6.07) is 19.1. The van der Waals surface area contributed by atoms with Gasteiger partial charge in [-0.15, -0.1) is 0 Å². The van der Waals surface area contributed by atoms with Gasteiger partial charge in [0.1, 0.15) is 23.0 Å². The number of aromatic hydroxyl groups is 1. The summed E-state index contributed by atoms with van der Waals surface area (Å²) in [5.41, 5.74) is 4.35. The van der Waals surface area contributed by atoms with Crippen LogP contribution in [0.15, 0.2) is 60.7 Å². The van der Waals surface area contributed by atoms with Crippen LogP contribution in [-0.4, -0.2) is 33.0 Å². The monoisotopic (exact) mass is 419 g/mol. The largest absolute Gasteiger partial charge is 0.508 e. The lowest BCUT2D eigenvalue weighted by molar-refractivity contribution is 0.389. The number of phenolic OH excluding ortho intramolecular Hbond substituents is 1. The molecule has 31 heavy (non-hydrogen) atoms. The van der Waals surface area contributed by atoms with Crippen molar-refractivity contribution in [3.05, 3.63) is 82.9 Å². The van der Waals surface area contributed by atoms with E-state index in [9.17, 15) is 5.11 Å². The first-order valence-electron chi connectivity index (χ1n) is 10.2. The third-order valence-electron chi connectivity index (χ3n) is 5.07. The van der Waals surface area contributed by atoms with Gasteiger partial charge in [-0.05, 0) is 60.0 Å². The van der Waals surface area contributed by atoms with Crippen molar-refractivity contribution in [2.75, 3.05) is 27.9 Å². The summed E-state index contributed by atoms with van der Waals surface area (Å²) in [6.07, 6.45) is 5.01. The van der Waals surface area contributed by atoms with Crippen LogP contribution < -0.4 is 19.5 Å². The predicted molar refractivity (Wildman–Crippen MR) is 125 cm³/mol. The number of hydrogen-bond acceptors (Lipinski definition) is 5. The molecule has 0 atom stereocenters. The first-order valence-corrected chi connectivity index (χ1v) is 10.2. The van der Waals surface area contributed by atoms with Gasteiger partial charge in [-0.25, -0.2) is 0 Å². The Kier molecular flexibility index (Phi) is 7.96. The Hall–Kier alpha value is -3.44. The summed E-state index contributed by atoms with van der Waals surface area (Å²) < 4.78 is 16.3. The summed E-state index contributed by atoms with van der Waals surface area (Å²) in [7, 11) is 4.99. The van der Waals surface area contributed by atoms with Crippen molar-refractivity contribution in [3.8, 4) is 23.0 Å². The van der Waals surface area contributed by atoms with E-state index in [1.807, 2.05) is 48.5 Å². The highest BCUT2D eigenvalue weighted by atomic mass is 16.5. The minimum atomic E-state index is 0.285. The van der Waals surface area contributed by atoms with Crippen LogP contribution in [0.25, 0.3) is 12.2 Å². The molecule has 0 amide bonds. The lowest BCUT2D eigenvalue weighted by Crippen LogP contribution is -2.18. The molecule has 0 aromatic heterocycles. The molecule has 0 spiro atoms. The number of nitrogens with one attached hydrogen (secondary N) is 1. The van der Waals surface area contributed by atoms with E-state index in [0.717, 1.165) is 46.9 Å². The predicted octanol–water partition coefficient (Wildman–Crippen LogP) is 4.92. The van der Waals surface area contributed by atoms with E-state index in [1.54, 1.807) is 33.5 Å². The minimum Gasteiger partial charge on any atom is -0.508 e. The molecule has 0 heterocycles. The molecule has 3 aromatic rings. The van der Waals surface area contributed by atoms with E-state index in [0.29, 0.717) is 6.54 Å². The van der Waals surface area contributed by atoms with E-state index in [2.05, 4.69) is 17.5 Å². The number of hydrogen-bond donors (Lipinski definition) is 2. The fourth-order valence-corrected chi connectivity index (χ4v) is 3.29. The quantitative estimate of drug-likeness (QED) is 0.361. The molecule has 5 nitrogen and oxygen atoms in total. The smallest absolute Gasteiger partial charge is 0.127 e. The van der Waals surface area contributed by atoms with Crippen LogP contribution in [0.3, 0.4) is 0 Å². The second-order valence-electron chi connectivity index (χ2n) is 7.10. The lowest BCUT2D eigenvalue weighted by atomic mass is 10.0. The van der Waals surface area contributed by atoms with E-state index in [1.165, 1.54) is 5.56 Å². The highest BCUT2D eigenvalue weighted by molar-refractivity contribution is 5.73. The van der Waals surface area contributed by atoms with Gasteiger partial charge >= 0.3 is 0 Å². The molecule has 0 saturated carbocycles. The summed E-state index contributed by atoms with van der Waals surface area (Å²) >= 11 is 0. The van der Waals surface area contributed by atoms with Gasteiger partial charge in [0.15, 0.2) is 0 Å². The molecule has 3 rings (SSSR count). The maximum atomic E-state index is 9.41. The topological polar surface area (TPSA) is 60.0 Å². The normalized spacial score (nSPS) is 10.9. The SMILES string of the molecule is COc1ccc(/C=C/c2cc(OC)cc(OC)c2CNCCc2ccc(O)cc2)cc1. The molecule has 162 valence electrons. The van der Waals surface area contributed by atoms with Gasteiger partial charge in [0, 0.05) is 18.2 Å².